The van der Waals surface area contributed by atoms with Gasteiger partial charge in [-0.25, -0.2) is 8.42 Å². The molecule has 3 aromatic carbocycles. The van der Waals surface area contributed by atoms with Gasteiger partial charge in [0, 0.05) is 12.6 Å². The van der Waals surface area contributed by atoms with Crippen molar-refractivity contribution >= 4 is 27.5 Å². The second kappa shape index (κ2) is 14.6. The van der Waals surface area contributed by atoms with Crippen molar-refractivity contribution in [1.82, 2.24) is 10.2 Å². The largest absolute Gasteiger partial charge is 0.494 e. The van der Waals surface area contributed by atoms with Crippen LogP contribution in [0.2, 0.25) is 0 Å². The number of aryl methyl sites for hydroxylation is 2. The zero-order chi connectivity index (χ0) is 31.0. The number of amides is 2. The summed E-state index contributed by atoms with van der Waals surface area (Å²) in [5.74, 6) is -0.0952. The van der Waals surface area contributed by atoms with Crippen LogP contribution in [0.4, 0.5) is 5.69 Å². The number of nitrogens with one attached hydrogen (secondary N) is 1. The first kappa shape index (κ1) is 32.1. The number of anilines is 1. The quantitative estimate of drug-likeness (QED) is 0.267. The van der Waals surface area contributed by atoms with Crippen molar-refractivity contribution in [3.05, 3.63) is 89.5 Å². The summed E-state index contributed by atoms with van der Waals surface area (Å²) in [4.78, 5) is 29.5. The normalized spacial score (nSPS) is 14.2. The van der Waals surface area contributed by atoms with E-state index >= 15 is 0 Å². The molecule has 0 bridgehead atoms. The molecule has 1 fully saturated rings. The van der Waals surface area contributed by atoms with Gasteiger partial charge in [0.2, 0.25) is 11.8 Å². The number of nitrogens with zero attached hydrogens (tertiary/aromatic N) is 2. The molecule has 0 aromatic heterocycles. The van der Waals surface area contributed by atoms with Crippen LogP contribution in [0, 0.1) is 13.8 Å². The zero-order valence-electron chi connectivity index (χ0n) is 25.6. The Morgan fingerprint density at radius 1 is 0.930 bits per heavy atom. The van der Waals surface area contributed by atoms with Gasteiger partial charge in [0.15, 0.2) is 0 Å². The Labute approximate surface area is 256 Å². The Morgan fingerprint density at radius 2 is 1.58 bits per heavy atom. The number of carbonyl (C=O) groups excluding carboxylic acids is 2. The van der Waals surface area contributed by atoms with Gasteiger partial charge in [-0.05, 0) is 87.6 Å². The van der Waals surface area contributed by atoms with E-state index in [9.17, 15) is 18.0 Å². The summed E-state index contributed by atoms with van der Waals surface area (Å²) in [5.41, 5.74) is 3.22. The first-order valence-corrected chi connectivity index (χ1v) is 16.5. The van der Waals surface area contributed by atoms with E-state index in [0.717, 1.165) is 46.7 Å². The Bertz CT molecular complexity index is 1480. The second-order valence-electron chi connectivity index (χ2n) is 11.1. The molecule has 9 heteroatoms. The summed E-state index contributed by atoms with van der Waals surface area (Å²) in [7, 11) is -4.15. The maximum atomic E-state index is 14.3. The van der Waals surface area contributed by atoms with Gasteiger partial charge in [0.25, 0.3) is 10.0 Å². The predicted octanol–water partition coefficient (Wildman–Crippen LogP) is 5.76. The lowest BCUT2D eigenvalue weighted by molar-refractivity contribution is -0.140. The molecule has 2 amide bonds. The van der Waals surface area contributed by atoms with Gasteiger partial charge in [-0.15, -0.1) is 0 Å². The highest BCUT2D eigenvalue weighted by atomic mass is 32.2. The van der Waals surface area contributed by atoms with E-state index in [-0.39, 0.29) is 23.4 Å². The molecule has 0 heterocycles. The predicted molar refractivity (Wildman–Crippen MR) is 170 cm³/mol. The van der Waals surface area contributed by atoms with Gasteiger partial charge in [-0.2, -0.15) is 0 Å². The van der Waals surface area contributed by atoms with Crippen LogP contribution >= 0.6 is 0 Å². The van der Waals surface area contributed by atoms with Gasteiger partial charge < -0.3 is 15.0 Å². The van der Waals surface area contributed by atoms with Crippen LogP contribution in [0.3, 0.4) is 0 Å². The number of ether oxygens (including phenoxy) is 1. The van der Waals surface area contributed by atoms with Gasteiger partial charge in [-0.3, -0.25) is 13.9 Å². The van der Waals surface area contributed by atoms with Crippen LogP contribution in [0.1, 0.15) is 62.6 Å². The first-order valence-electron chi connectivity index (χ1n) is 15.1. The molecule has 230 valence electrons. The summed E-state index contributed by atoms with van der Waals surface area (Å²) >= 11 is 0. The van der Waals surface area contributed by atoms with E-state index in [1.807, 2.05) is 64.1 Å². The SMILES string of the molecule is CCOc1ccc(S(=O)(=O)N(CC(=O)N(Cc2ccccc2C)[C@H](CC)C(=O)NC2CCCC2)c2ccc(C)cc2)cc1. The molecule has 0 aliphatic heterocycles. The monoisotopic (exact) mass is 605 g/mol. The third kappa shape index (κ3) is 7.96. The second-order valence-corrected chi connectivity index (χ2v) is 13.0. The summed E-state index contributed by atoms with van der Waals surface area (Å²) in [5, 5.41) is 3.15. The highest BCUT2D eigenvalue weighted by Crippen LogP contribution is 2.27. The Hall–Kier alpha value is -3.85. The molecular formula is C34H43N3O5S. The summed E-state index contributed by atoms with van der Waals surface area (Å²) in [6.45, 7) is 7.80. The Balaban J connectivity index is 1.71. The van der Waals surface area contributed by atoms with E-state index < -0.39 is 28.5 Å². The lowest BCUT2D eigenvalue weighted by atomic mass is 10.1. The number of sulfonamides is 1. The lowest BCUT2D eigenvalue weighted by Crippen LogP contribution is -2.53. The van der Waals surface area contributed by atoms with Crippen molar-refractivity contribution in [3.63, 3.8) is 0 Å². The molecular weight excluding hydrogens is 562 g/mol. The molecule has 1 aliphatic rings. The Morgan fingerprint density at radius 3 is 2.19 bits per heavy atom. The summed E-state index contributed by atoms with van der Waals surface area (Å²) < 4.78 is 34.8. The topological polar surface area (TPSA) is 96.0 Å². The van der Waals surface area contributed by atoms with Gasteiger partial charge in [-0.1, -0.05) is 61.7 Å². The average Bonchev–Trinajstić information content (AvgIpc) is 3.50. The van der Waals surface area contributed by atoms with Crippen molar-refractivity contribution in [1.29, 1.82) is 0 Å². The van der Waals surface area contributed by atoms with Crippen LogP contribution in [-0.4, -0.2) is 50.4 Å². The van der Waals surface area contributed by atoms with Crippen molar-refractivity contribution in [2.24, 2.45) is 0 Å². The molecule has 1 N–H and O–H groups in total. The third-order valence-electron chi connectivity index (χ3n) is 8.01. The van der Waals surface area contributed by atoms with Gasteiger partial charge >= 0.3 is 0 Å². The molecule has 4 rings (SSSR count). The fourth-order valence-electron chi connectivity index (χ4n) is 5.50. The molecule has 0 spiro atoms. The highest BCUT2D eigenvalue weighted by molar-refractivity contribution is 7.92. The van der Waals surface area contributed by atoms with Gasteiger partial charge in [0.05, 0.1) is 17.2 Å². The molecule has 43 heavy (non-hydrogen) atoms. The van der Waals surface area contributed by atoms with Crippen LogP contribution in [0.25, 0.3) is 0 Å². The van der Waals surface area contributed by atoms with Crippen molar-refractivity contribution < 1.29 is 22.7 Å². The van der Waals surface area contributed by atoms with E-state index in [4.69, 9.17) is 4.74 Å². The number of carbonyl (C=O) groups is 2. The minimum absolute atomic E-state index is 0.0424. The van der Waals surface area contributed by atoms with E-state index in [1.54, 1.807) is 29.2 Å². The fraction of sp³-hybridized carbons (Fsp3) is 0.412. The highest BCUT2D eigenvalue weighted by Gasteiger charge is 2.34. The smallest absolute Gasteiger partial charge is 0.264 e. The molecule has 3 aromatic rings. The fourth-order valence-corrected chi connectivity index (χ4v) is 6.91. The van der Waals surface area contributed by atoms with Crippen LogP contribution < -0.4 is 14.4 Å². The molecule has 1 atom stereocenters. The minimum Gasteiger partial charge on any atom is -0.494 e. The Kier molecular flexibility index (Phi) is 10.9. The van der Waals surface area contributed by atoms with Crippen molar-refractivity contribution in [2.75, 3.05) is 17.5 Å². The van der Waals surface area contributed by atoms with Crippen molar-refractivity contribution in [3.8, 4) is 5.75 Å². The number of hydrogen-bond donors (Lipinski definition) is 1. The molecule has 1 aliphatic carbocycles. The molecule has 1 saturated carbocycles. The van der Waals surface area contributed by atoms with Crippen molar-refractivity contribution in [2.45, 2.75) is 83.3 Å². The lowest BCUT2D eigenvalue weighted by Gasteiger charge is -2.34. The standard InChI is InChI=1S/C34H43N3O5S/c1-5-32(34(39)35-28-13-9-10-14-28)36(23-27-12-8-7-11-26(27)4)33(38)24-37(29-17-15-25(3)16-18-29)43(40,41)31-21-19-30(20-22-31)42-6-2/h7-8,11-12,15-22,28,32H,5-6,9-10,13-14,23-24H2,1-4H3,(H,35,39)/t32-/m1/s1. The van der Waals surface area contributed by atoms with Crippen LogP contribution in [-0.2, 0) is 26.2 Å². The molecule has 0 unspecified atom stereocenters. The van der Waals surface area contributed by atoms with Gasteiger partial charge in [0.1, 0.15) is 18.3 Å². The number of benzene rings is 3. The summed E-state index contributed by atoms with van der Waals surface area (Å²) in [6.07, 6.45) is 4.39. The maximum Gasteiger partial charge on any atom is 0.264 e. The van der Waals surface area contributed by atoms with E-state index in [0.29, 0.717) is 24.5 Å². The van der Waals surface area contributed by atoms with E-state index in [2.05, 4.69) is 5.32 Å². The zero-order valence-corrected chi connectivity index (χ0v) is 26.4. The molecule has 0 saturated heterocycles. The number of hydrogen-bond acceptors (Lipinski definition) is 5. The van der Waals surface area contributed by atoms with Crippen LogP contribution in [0.15, 0.2) is 77.7 Å². The summed E-state index contributed by atoms with van der Waals surface area (Å²) in [6, 6.07) is 20.3. The minimum atomic E-state index is -4.15. The molecule has 0 radical (unpaired) electrons. The number of rotatable bonds is 13. The average molecular weight is 606 g/mol. The maximum absolute atomic E-state index is 14.3. The first-order chi connectivity index (χ1) is 20.6. The van der Waals surface area contributed by atoms with E-state index in [1.165, 1.54) is 12.1 Å². The van der Waals surface area contributed by atoms with Crippen LogP contribution in [0.5, 0.6) is 5.75 Å². The molecule has 8 nitrogen and oxygen atoms in total. The third-order valence-corrected chi connectivity index (χ3v) is 9.80.